The maximum absolute atomic E-state index is 11.3. The molecule has 0 atom stereocenters. The van der Waals surface area contributed by atoms with Crippen molar-refractivity contribution in [2.75, 3.05) is 6.54 Å². The van der Waals surface area contributed by atoms with Gasteiger partial charge in [-0.05, 0) is 37.4 Å². The largest absolute Gasteiger partial charge is 0.330 e. The number of benzene rings is 1. The second kappa shape index (κ2) is 16.3. The Morgan fingerprint density at radius 1 is 0.808 bits per heavy atom. The molecule has 0 fully saturated rings. The van der Waals surface area contributed by atoms with E-state index in [9.17, 15) is 13.0 Å². The quantitative estimate of drug-likeness (QED) is 0.334. The molecule has 5 heteroatoms. The molecule has 4 nitrogen and oxygen atoms in total. The van der Waals surface area contributed by atoms with Crippen LogP contribution in [0.3, 0.4) is 0 Å². The molecule has 0 heterocycles. The van der Waals surface area contributed by atoms with E-state index in [-0.39, 0.29) is 4.90 Å². The molecule has 26 heavy (non-hydrogen) atoms. The van der Waals surface area contributed by atoms with Gasteiger partial charge in [0.2, 0.25) is 0 Å². The van der Waals surface area contributed by atoms with E-state index in [2.05, 4.69) is 13.8 Å². The van der Waals surface area contributed by atoms with Crippen molar-refractivity contribution in [1.82, 2.24) is 0 Å². The van der Waals surface area contributed by atoms with Gasteiger partial charge < -0.3 is 5.73 Å². The van der Waals surface area contributed by atoms with E-state index in [1.165, 1.54) is 57.4 Å². The highest BCUT2D eigenvalue weighted by Crippen LogP contribution is 2.18. The Labute approximate surface area is 161 Å². The van der Waals surface area contributed by atoms with Crippen molar-refractivity contribution in [3.05, 3.63) is 29.8 Å². The van der Waals surface area contributed by atoms with Gasteiger partial charge in [0.15, 0.2) is 0 Å². The molecule has 0 amide bonds. The van der Waals surface area contributed by atoms with Crippen molar-refractivity contribution in [1.29, 1.82) is 0 Å². The molecule has 0 unspecified atom stereocenters. The first kappa shape index (κ1) is 25.1. The number of nitrogens with two attached hydrogens (primary N) is 1. The lowest BCUT2D eigenvalue weighted by molar-refractivity contribution is 0.481. The van der Waals surface area contributed by atoms with Gasteiger partial charge in [-0.2, -0.15) is 8.42 Å². The number of hydrogen-bond donors (Lipinski definition) is 2. The second-order valence-corrected chi connectivity index (χ2v) is 8.19. The fraction of sp³-hybridized carbons (Fsp3) is 0.714. The highest BCUT2D eigenvalue weighted by atomic mass is 32.2. The normalized spacial score (nSPS) is 11.1. The van der Waals surface area contributed by atoms with Crippen LogP contribution in [0.4, 0.5) is 0 Å². The van der Waals surface area contributed by atoms with E-state index < -0.39 is 10.1 Å². The SMILES string of the molecule is CCCCCCCCCCCCc1ccccc1S(=O)(=O)O.CCCN. The van der Waals surface area contributed by atoms with Crippen molar-refractivity contribution in [2.45, 2.75) is 95.8 Å². The Morgan fingerprint density at radius 3 is 1.73 bits per heavy atom. The Bertz CT molecular complexity index is 542. The van der Waals surface area contributed by atoms with Crippen LogP contribution in [0.15, 0.2) is 29.2 Å². The molecule has 3 N–H and O–H groups in total. The third-order valence-corrected chi connectivity index (χ3v) is 5.29. The first-order valence-electron chi connectivity index (χ1n) is 10.2. The maximum Gasteiger partial charge on any atom is 0.294 e. The van der Waals surface area contributed by atoms with E-state index in [4.69, 9.17) is 5.73 Å². The molecule has 0 spiro atoms. The van der Waals surface area contributed by atoms with Crippen molar-refractivity contribution in [3.8, 4) is 0 Å². The number of unbranched alkanes of at least 4 members (excludes halogenated alkanes) is 9. The van der Waals surface area contributed by atoms with E-state index in [1.54, 1.807) is 12.1 Å². The third kappa shape index (κ3) is 13.3. The van der Waals surface area contributed by atoms with Gasteiger partial charge in [-0.3, -0.25) is 4.55 Å². The van der Waals surface area contributed by atoms with Crippen molar-refractivity contribution in [2.24, 2.45) is 5.73 Å². The highest BCUT2D eigenvalue weighted by Gasteiger charge is 2.13. The molecule has 1 rings (SSSR count). The van der Waals surface area contributed by atoms with E-state index in [0.29, 0.717) is 6.42 Å². The molecule has 0 saturated carbocycles. The minimum atomic E-state index is -4.10. The lowest BCUT2D eigenvalue weighted by Gasteiger charge is -2.07. The number of aryl methyl sites for hydroxylation is 1. The van der Waals surface area contributed by atoms with Crippen LogP contribution in [0.1, 0.15) is 90.0 Å². The third-order valence-electron chi connectivity index (χ3n) is 4.34. The summed E-state index contributed by atoms with van der Waals surface area (Å²) in [7, 11) is -4.10. The molecule has 1 aromatic carbocycles. The number of hydrogen-bond acceptors (Lipinski definition) is 3. The zero-order valence-corrected chi connectivity index (χ0v) is 17.6. The summed E-state index contributed by atoms with van der Waals surface area (Å²) in [4.78, 5) is 0.0610. The smallest absolute Gasteiger partial charge is 0.294 e. The van der Waals surface area contributed by atoms with Gasteiger partial charge in [-0.25, -0.2) is 0 Å². The van der Waals surface area contributed by atoms with Gasteiger partial charge in [0.1, 0.15) is 0 Å². The summed E-state index contributed by atoms with van der Waals surface area (Å²) in [5.41, 5.74) is 5.75. The molecule has 0 radical (unpaired) electrons. The molecule has 0 aliphatic carbocycles. The second-order valence-electron chi connectivity index (χ2n) is 6.80. The summed E-state index contributed by atoms with van der Waals surface area (Å²) in [6, 6.07) is 6.73. The van der Waals surface area contributed by atoms with Gasteiger partial charge in [-0.15, -0.1) is 0 Å². The van der Waals surface area contributed by atoms with Crippen LogP contribution in [0.25, 0.3) is 0 Å². The van der Waals surface area contributed by atoms with Crippen LogP contribution in [-0.2, 0) is 16.5 Å². The predicted octanol–water partition coefficient (Wildman–Crippen LogP) is 5.75. The summed E-state index contributed by atoms with van der Waals surface area (Å²) < 4.78 is 31.8. The minimum absolute atomic E-state index is 0.0610. The molecule has 0 aromatic heterocycles. The Balaban J connectivity index is 0.00000141. The van der Waals surface area contributed by atoms with Gasteiger partial charge in [0, 0.05) is 0 Å². The van der Waals surface area contributed by atoms with Crippen LogP contribution in [0.5, 0.6) is 0 Å². The minimum Gasteiger partial charge on any atom is -0.330 e. The van der Waals surface area contributed by atoms with Crippen molar-refractivity contribution < 1.29 is 13.0 Å². The Kier molecular flexibility index (Phi) is 15.7. The molecule has 0 aliphatic heterocycles. The molecule has 0 bridgehead atoms. The van der Waals surface area contributed by atoms with Crippen LogP contribution in [-0.4, -0.2) is 19.5 Å². The predicted molar refractivity (Wildman–Crippen MR) is 111 cm³/mol. The van der Waals surface area contributed by atoms with Crippen LogP contribution in [0, 0.1) is 0 Å². The average molecular weight is 386 g/mol. The summed E-state index contributed by atoms with van der Waals surface area (Å²) >= 11 is 0. The Hall–Kier alpha value is -0.910. The van der Waals surface area contributed by atoms with Crippen LogP contribution in [0.2, 0.25) is 0 Å². The molecule has 1 aromatic rings. The summed E-state index contributed by atoms with van der Waals surface area (Å²) in [5.74, 6) is 0. The molecular formula is C21H39NO3S. The van der Waals surface area contributed by atoms with Gasteiger partial charge >= 0.3 is 0 Å². The summed E-state index contributed by atoms with van der Waals surface area (Å²) in [5, 5.41) is 0. The van der Waals surface area contributed by atoms with Gasteiger partial charge in [0.25, 0.3) is 10.1 Å². The van der Waals surface area contributed by atoms with Crippen LogP contribution >= 0.6 is 0 Å². The van der Waals surface area contributed by atoms with E-state index in [0.717, 1.165) is 31.4 Å². The average Bonchev–Trinajstić information content (AvgIpc) is 2.63. The maximum atomic E-state index is 11.3. The lowest BCUT2D eigenvalue weighted by Crippen LogP contribution is -2.03. The van der Waals surface area contributed by atoms with Crippen LogP contribution < -0.4 is 5.73 Å². The molecule has 0 saturated heterocycles. The standard InChI is InChI=1S/C18H30O3S.C3H9N/c1-2-3-4-5-6-7-8-9-10-11-14-17-15-12-13-16-18(17)22(19,20)21;1-2-3-4/h12-13,15-16H,2-11,14H2,1H3,(H,19,20,21);2-4H2,1H3. The fourth-order valence-corrected chi connectivity index (χ4v) is 3.52. The fourth-order valence-electron chi connectivity index (χ4n) is 2.76. The van der Waals surface area contributed by atoms with E-state index >= 15 is 0 Å². The first-order chi connectivity index (χ1) is 12.5. The molecule has 0 aliphatic rings. The van der Waals surface area contributed by atoms with Gasteiger partial charge in [-0.1, -0.05) is 89.8 Å². The summed E-state index contributed by atoms with van der Waals surface area (Å²) in [6.07, 6.45) is 14.4. The zero-order valence-electron chi connectivity index (χ0n) is 16.8. The molecule has 152 valence electrons. The number of rotatable bonds is 13. The van der Waals surface area contributed by atoms with Crippen molar-refractivity contribution in [3.63, 3.8) is 0 Å². The highest BCUT2D eigenvalue weighted by molar-refractivity contribution is 7.85. The lowest BCUT2D eigenvalue weighted by atomic mass is 10.0. The monoisotopic (exact) mass is 385 g/mol. The zero-order chi connectivity index (χ0) is 19.7. The van der Waals surface area contributed by atoms with Crippen molar-refractivity contribution >= 4 is 10.1 Å². The molecular weight excluding hydrogens is 346 g/mol. The Morgan fingerprint density at radius 2 is 1.27 bits per heavy atom. The topological polar surface area (TPSA) is 80.4 Å². The summed E-state index contributed by atoms with van der Waals surface area (Å²) in [6.45, 7) is 5.11. The van der Waals surface area contributed by atoms with E-state index in [1.807, 2.05) is 6.07 Å². The van der Waals surface area contributed by atoms with Gasteiger partial charge in [0.05, 0.1) is 4.90 Å². The first-order valence-corrected chi connectivity index (χ1v) is 11.7.